The third kappa shape index (κ3) is 8.98. The van der Waals surface area contributed by atoms with E-state index in [1.165, 1.54) is 20.8 Å². The van der Waals surface area contributed by atoms with Gasteiger partial charge in [-0.15, -0.1) is 0 Å². The summed E-state index contributed by atoms with van der Waals surface area (Å²) in [6.45, 7) is 3.06. The number of hydrogen-bond acceptors (Lipinski definition) is 23. The first-order valence-electron chi connectivity index (χ1n) is 17.2. The summed E-state index contributed by atoms with van der Waals surface area (Å²) in [6.07, 6.45) is -39.4. The lowest BCUT2D eigenvalue weighted by Gasteiger charge is -2.47. The summed E-state index contributed by atoms with van der Waals surface area (Å²) in [6, 6.07) is 0. The fourth-order valence-corrected chi connectivity index (χ4v) is 6.71. The van der Waals surface area contributed by atoms with Crippen LogP contribution in [-0.4, -0.2) is 238 Å². The van der Waals surface area contributed by atoms with Crippen molar-refractivity contribution in [3.63, 3.8) is 0 Å². The van der Waals surface area contributed by atoms with Gasteiger partial charge < -0.3 is 114 Å². The van der Waals surface area contributed by atoms with Gasteiger partial charge in [-0.3, -0.25) is 0 Å². The van der Waals surface area contributed by atoms with Gasteiger partial charge >= 0.3 is 0 Å². The lowest BCUT2D eigenvalue weighted by atomic mass is 9.96. The van der Waals surface area contributed by atoms with Gasteiger partial charge in [0.1, 0.15) is 104 Å². The predicted octanol–water partition coefficient (Wildman–Crippen LogP) is -8.84. The smallest absolute Gasteiger partial charge is 0.187 e. The van der Waals surface area contributed by atoms with Gasteiger partial charge in [0.2, 0.25) is 0 Å². The van der Waals surface area contributed by atoms with Gasteiger partial charge in [0, 0.05) is 0 Å². The summed E-state index contributed by atoms with van der Waals surface area (Å²) in [7, 11) is 0. The SMILES string of the molecule is C[C@@H]1O[C@@H](O[C@@H]2[C@@H](O)[C@@H](O)[C@H](O[C@@H]3[C@@H](O)[C@@H](O)[C@H](OC[C@H]4O[C@@H](OC[C@H]5O[C@@H](O)[C@H](O)[C@@H](O)[C@@H]5O)[C@H](O)[C@@H](O)[C@H]4O)O[C@H]3C)O[C@H]2C)[C@H](O)[C@H](O)[C@H]1O. The van der Waals surface area contributed by atoms with Crippen molar-refractivity contribution in [2.75, 3.05) is 13.2 Å². The van der Waals surface area contributed by atoms with Crippen LogP contribution in [0.1, 0.15) is 20.8 Å². The zero-order valence-electron chi connectivity index (χ0n) is 28.8. The maximum atomic E-state index is 11.0. The number of aliphatic hydroxyl groups excluding tert-OH is 14. The van der Waals surface area contributed by atoms with E-state index in [9.17, 15) is 71.5 Å². The Labute approximate surface area is 301 Å². The minimum Gasteiger partial charge on any atom is -0.388 e. The molecule has 5 saturated heterocycles. The molecule has 23 heteroatoms. The Morgan fingerprint density at radius 1 is 0.340 bits per heavy atom. The highest BCUT2D eigenvalue weighted by Gasteiger charge is 2.53. The summed E-state index contributed by atoms with van der Waals surface area (Å²) in [4.78, 5) is 0. The molecular formula is C30H52O23. The van der Waals surface area contributed by atoms with Crippen molar-refractivity contribution in [1.82, 2.24) is 0 Å². The molecule has 53 heavy (non-hydrogen) atoms. The van der Waals surface area contributed by atoms with Crippen molar-refractivity contribution >= 4 is 0 Å². The third-order valence-electron chi connectivity index (χ3n) is 10.1. The van der Waals surface area contributed by atoms with E-state index in [1.54, 1.807) is 0 Å². The van der Waals surface area contributed by atoms with Crippen molar-refractivity contribution in [2.45, 2.75) is 174 Å². The van der Waals surface area contributed by atoms with E-state index in [1.807, 2.05) is 0 Å². The van der Waals surface area contributed by atoms with Gasteiger partial charge in [-0.2, -0.15) is 0 Å². The largest absolute Gasteiger partial charge is 0.388 e. The summed E-state index contributed by atoms with van der Waals surface area (Å²) in [5.41, 5.74) is 0. The molecule has 0 unspecified atom stereocenters. The monoisotopic (exact) mass is 780 g/mol. The van der Waals surface area contributed by atoms with Crippen LogP contribution in [0, 0.1) is 0 Å². The molecule has 0 amide bonds. The summed E-state index contributed by atoms with van der Waals surface area (Å²) < 4.78 is 49.6. The molecule has 23 nitrogen and oxygen atoms in total. The maximum absolute atomic E-state index is 11.0. The van der Waals surface area contributed by atoms with E-state index in [4.69, 9.17) is 42.6 Å². The first kappa shape index (κ1) is 43.2. The molecule has 5 aliphatic heterocycles. The molecule has 5 fully saturated rings. The van der Waals surface area contributed by atoms with Gasteiger partial charge in [-0.25, -0.2) is 0 Å². The molecule has 0 saturated carbocycles. The van der Waals surface area contributed by atoms with Crippen LogP contribution in [0.5, 0.6) is 0 Å². The molecule has 0 bridgehead atoms. The number of aliphatic hydroxyl groups is 14. The normalized spacial score (nSPS) is 55.5. The lowest BCUT2D eigenvalue weighted by Crippen LogP contribution is -2.65. The van der Waals surface area contributed by atoms with E-state index in [0.29, 0.717) is 0 Å². The molecule has 0 radical (unpaired) electrons. The Balaban J connectivity index is 1.13. The molecule has 310 valence electrons. The van der Waals surface area contributed by atoms with Gasteiger partial charge in [0.15, 0.2) is 31.5 Å². The van der Waals surface area contributed by atoms with Crippen LogP contribution in [0.3, 0.4) is 0 Å². The molecule has 5 heterocycles. The van der Waals surface area contributed by atoms with Crippen LogP contribution in [-0.2, 0) is 42.6 Å². The first-order chi connectivity index (χ1) is 24.8. The summed E-state index contributed by atoms with van der Waals surface area (Å²) in [5, 5.41) is 145. The van der Waals surface area contributed by atoms with Crippen molar-refractivity contribution in [3.05, 3.63) is 0 Å². The van der Waals surface area contributed by atoms with Crippen LogP contribution >= 0.6 is 0 Å². The molecule has 0 aromatic heterocycles. The highest BCUT2D eigenvalue weighted by molar-refractivity contribution is 4.96. The van der Waals surface area contributed by atoms with E-state index in [2.05, 4.69) is 0 Å². The van der Waals surface area contributed by atoms with Crippen molar-refractivity contribution in [3.8, 4) is 0 Å². The second kappa shape index (κ2) is 17.7. The molecule has 0 spiro atoms. The zero-order chi connectivity index (χ0) is 39.2. The summed E-state index contributed by atoms with van der Waals surface area (Å²) >= 11 is 0. The Bertz CT molecular complexity index is 1160. The number of hydrogen-bond donors (Lipinski definition) is 14. The quantitative estimate of drug-likeness (QED) is 0.0978. The van der Waals surface area contributed by atoms with E-state index >= 15 is 0 Å². The van der Waals surface area contributed by atoms with Gasteiger partial charge in [-0.1, -0.05) is 0 Å². The Kier molecular flexibility index (Phi) is 14.4. The maximum Gasteiger partial charge on any atom is 0.187 e. The van der Waals surface area contributed by atoms with Gasteiger partial charge in [0.25, 0.3) is 0 Å². The molecule has 25 atom stereocenters. The van der Waals surface area contributed by atoms with E-state index in [0.717, 1.165) is 0 Å². The second-order valence-corrected chi connectivity index (χ2v) is 14.0. The van der Waals surface area contributed by atoms with Crippen LogP contribution in [0.2, 0.25) is 0 Å². The molecule has 0 aromatic carbocycles. The standard InChI is InChI=1S/C30H52O23/c1-6-11(31)14(34)21(41)29(47-6)52-25-8(3)49-30(23(43)18(25)38)53-24-7(2)48-27(22(42)17(24)37)45-5-10-13(33)16(36)20(40)28(51-10)46-4-9-12(32)15(35)19(39)26(44)50-9/h6-44H,4-5H2,1-3H3/t6-,7-,8-,9+,10+,11-,12+,13-,14+,15-,16-,17-,18-,19+,20+,21+,22+,23+,24-,25-,26+,27+,28+,29-,30-/m0/s1. The van der Waals surface area contributed by atoms with Crippen molar-refractivity contribution in [2.24, 2.45) is 0 Å². The van der Waals surface area contributed by atoms with E-state index < -0.39 is 167 Å². The van der Waals surface area contributed by atoms with E-state index in [-0.39, 0.29) is 0 Å². The Hall–Kier alpha value is -0.920. The van der Waals surface area contributed by atoms with Crippen LogP contribution in [0.15, 0.2) is 0 Å². The molecule has 0 aromatic rings. The molecule has 5 rings (SSSR count). The minimum absolute atomic E-state index is 0.618. The van der Waals surface area contributed by atoms with Crippen LogP contribution < -0.4 is 0 Å². The molecule has 14 N–H and O–H groups in total. The van der Waals surface area contributed by atoms with Crippen LogP contribution in [0.4, 0.5) is 0 Å². The third-order valence-corrected chi connectivity index (χ3v) is 10.1. The molecule has 0 aliphatic carbocycles. The summed E-state index contributed by atoms with van der Waals surface area (Å²) in [5.74, 6) is 0. The fourth-order valence-electron chi connectivity index (χ4n) is 6.71. The molecular weight excluding hydrogens is 728 g/mol. The predicted molar refractivity (Wildman–Crippen MR) is 162 cm³/mol. The zero-order valence-corrected chi connectivity index (χ0v) is 28.8. The van der Waals surface area contributed by atoms with Crippen molar-refractivity contribution < 1.29 is 114 Å². The number of ether oxygens (including phenoxy) is 9. The fraction of sp³-hybridized carbons (Fsp3) is 1.00. The van der Waals surface area contributed by atoms with Crippen molar-refractivity contribution in [1.29, 1.82) is 0 Å². The Morgan fingerprint density at radius 3 is 1.23 bits per heavy atom. The van der Waals surface area contributed by atoms with Gasteiger partial charge in [0.05, 0.1) is 31.5 Å². The highest BCUT2D eigenvalue weighted by atomic mass is 16.8. The minimum atomic E-state index is -1.87. The first-order valence-corrected chi connectivity index (χ1v) is 17.2. The highest BCUT2D eigenvalue weighted by Crippen LogP contribution is 2.33. The lowest BCUT2D eigenvalue weighted by molar-refractivity contribution is -0.375. The average molecular weight is 781 g/mol. The number of rotatable bonds is 10. The van der Waals surface area contributed by atoms with Crippen LogP contribution in [0.25, 0.3) is 0 Å². The topological polar surface area (TPSA) is 366 Å². The van der Waals surface area contributed by atoms with Gasteiger partial charge in [-0.05, 0) is 20.8 Å². The second-order valence-electron chi connectivity index (χ2n) is 14.0. The molecule has 5 aliphatic rings. The Morgan fingerprint density at radius 2 is 0.698 bits per heavy atom. The average Bonchev–Trinajstić information content (AvgIpc) is 3.12.